The molecule has 5 nitrogen and oxygen atoms in total. The van der Waals surface area contributed by atoms with Crippen LogP contribution < -0.4 is 5.32 Å². The van der Waals surface area contributed by atoms with Gasteiger partial charge in [-0.15, -0.1) is 0 Å². The third-order valence-electron chi connectivity index (χ3n) is 8.70. The number of benzene rings is 2. The summed E-state index contributed by atoms with van der Waals surface area (Å²) in [6.45, 7) is 7.87. The number of carbonyl (C=O) groups is 2. The monoisotopic (exact) mass is 536 g/mol. The van der Waals surface area contributed by atoms with Crippen molar-refractivity contribution < 1.29 is 14.7 Å². The summed E-state index contributed by atoms with van der Waals surface area (Å²) in [4.78, 5) is 30.1. The molecule has 204 valence electrons. The van der Waals surface area contributed by atoms with E-state index in [1.165, 1.54) is 5.56 Å². The molecule has 2 aromatic rings. The molecule has 2 aliphatic rings. The van der Waals surface area contributed by atoms with Gasteiger partial charge in [-0.1, -0.05) is 68.8 Å². The topological polar surface area (TPSA) is 78.8 Å². The van der Waals surface area contributed by atoms with Crippen LogP contribution in [0.5, 0.6) is 0 Å². The maximum absolute atomic E-state index is 14.1. The van der Waals surface area contributed by atoms with Gasteiger partial charge in [0.25, 0.3) is 0 Å². The minimum absolute atomic E-state index is 0.107. The van der Waals surface area contributed by atoms with Gasteiger partial charge in [-0.25, -0.2) is 0 Å². The highest BCUT2D eigenvalue weighted by Crippen LogP contribution is 2.47. The van der Waals surface area contributed by atoms with Gasteiger partial charge in [0, 0.05) is 29.6 Å². The van der Waals surface area contributed by atoms with Crippen LogP contribution >= 0.6 is 11.6 Å². The lowest BCUT2D eigenvalue weighted by atomic mass is 9.64. The van der Waals surface area contributed by atoms with Gasteiger partial charge < -0.3 is 10.4 Å². The molecule has 0 bridgehead atoms. The van der Waals surface area contributed by atoms with Crippen molar-refractivity contribution in [3.63, 3.8) is 0 Å². The molecule has 0 radical (unpaired) electrons. The fourth-order valence-corrected chi connectivity index (χ4v) is 6.60. The van der Waals surface area contributed by atoms with E-state index in [2.05, 4.69) is 50.4 Å². The molecule has 0 aromatic heterocycles. The molecule has 2 N–H and O–H groups in total. The maximum atomic E-state index is 14.1. The van der Waals surface area contributed by atoms with E-state index in [-0.39, 0.29) is 29.6 Å². The first kappa shape index (κ1) is 28.5. The number of hydrogen-bond acceptors (Lipinski definition) is 4. The van der Waals surface area contributed by atoms with Crippen molar-refractivity contribution in [2.45, 2.75) is 83.7 Å². The van der Waals surface area contributed by atoms with E-state index in [0.717, 1.165) is 55.6 Å². The average Bonchev–Trinajstić information content (AvgIpc) is 2.90. The zero-order valence-electron chi connectivity index (χ0n) is 22.9. The average molecular weight is 537 g/mol. The molecule has 1 spiro atoms. The number of nitrogens with one attached hydrogen (secondary N) is 1. The number of aliphatic carboxylic acids is 1. The predicted octanol–water partition coefficient (Wildman–Crippen LogP) is 7.06. The van der Waals surface area contributed by atoms with Crippen molar-refractivity contribution in [2.24, 2.45) is 22.7 Å². The Bertz CT molecular complexity index is 1150. The molecule has 2 aromatic carbocycles. The number of aliphatic imine (C=N–C) groups is 1. The van der Waals surface area contributed by atoms with Crippen LogP contribution in [0.1, 0.15) is 88.3 Å². The van der Waals surface area contributed by atoms with Crippen LogP contribution in [0.4, 0.5) is 0 Å². The summed E-state index contributed by atoms with van der Waals surface area (Å²) in [6.07, 6.45) is 6.16. The van der Waals surface area contributed by atoms with Gasteiger partial charge >= 0.3 is 5.97 Å². The third kappa shape index (κ3) is 6.73. The lowest BCUT2D eigenvalue weighted by Crippen LogP contribution is -2.46. The number of Topliss-reactive ketones (excluding diaryl/α,β-unsaturated/α-hetero) is 1. The summed E-state index contributed by atoms with van der Waals surface area (Å²) in [5.41, 5.74) is 3.52. The Balaban J connectivity index is 1.60. The van der Waals surface area contributed by atoms with Crippen LogP contribution in [-0.2, 0) is 16.1 Å². The first-order valence-corrected chi connectivity index (χ1v) is 14.5. The number of ketones is 1. The van der Waals surface area contributed by atoms with Crippen LogP contribution in [0.25, 0.3) is 0 Å². The number of rotatable bonds is 10. The number of halogens is 1. The van der Waals surface area contributed by atoms with Crippen molar-refractivity contribution in [1.29, 1.82) is 0 Å². The van der Waals surface area contributed by atoms with Crippen LogP contribution in [0.15, 0.2) is 53.5 Å². The number of carbonyl (C=O) groups excluding carboxylic acids is 1. The van der Waals surface area contributed by atoms with Gasteiger partial charge in [-0.2, -0.15) is 0 Å². The Hall–Kier alpha value is -2.50. The van der Waals surface area contributed by atoms with Crippen LogP contribution in [0.2, 0.25) is 5.02 Å². The number of nitrogens with zero attached hydrogens (tertiary/aromatic N) is 1. The molecule has 2 unspecified atom stereocenters. The molecule has 1 aliphatic heterocycles. The Morgan fingerprint density at radius 1 is 1.16 bits per heavy atom. The van der Waals surface area contributed by atoms with Crippen molar-refractivity contribution in [1.82, 2.24) is 5.32 Å². The van der Waals surface area contributed by atoms with Gasteiger partial charge in [-0.3, -0.25) is 14.6 Å². The van der Waals surface area contributed by atoms with Crippen LogP contribution in [0, 0.1) is 17.8 Å². The van der Waals surface area contributed by atoms with Crippen LogP contribution in [-0.4, -0.2) is 34.7 Å². The lowest BCUT2D eigenvalue weighted by molar-refractivity contribution is -0.136. The smallest absolute Gasteiger partial charge is 0.304 e. The Morgan fingerprint density at radius 3 is 2.47 bits per heavy atom. The predicted molar refractivity (Wildman–Crippen MR) is 154 cm³/mol. The van der Waals surface area contributed by atoms with E-state index >= 15 is 0 Å². The van der Waals surface area contributed by atoms with E-state index in [4.69, 9.17) is 21.7 Å². The Labute approximate surface area is 232 Å². The molecule has 4 rings (SSSR count). The SMILES string of the molecule is CCC(c1ccc(CNCCC(=O)O)cc1)C1CC2(CCC(C(C)C)CC2)N=C(c2cccc(Cl)c2)C1=O. The molecular weight excluding hydrogens is 496 g/mol. The molecule has 1 heterocycles. The first-order valence-electron chi connectivity index (χ1n) is 14.1. The fraction of sp³-hybridized carbons (Fsp3) is 0.531. The highest BCUT2D eigenvalue weighted by atomic mass is 35.5. The minimum atomic E-state index is -0.799. The largest absolute Gasteiger partial charge is 0.481 e. The molecule has 6 heteroatoms. The number of carboxylic acid groups (broad SMARTS) is 1. The standard InChI is InChI=1S/C32H41ClN2O3/c1-4-27(24-10-8-22(9-11-24)20-34-17-14-29(36)37)28-19-32(15-12-23(13-16-32)21(2)3)35-30(31(28)38)25-6-5-7-26(33)18-25/h5-11,18,21,23,27-28,34H,4,12-17,19-20H2,1-3H3,(H,36,37). The summed E-state index contributed by atoms with van der Waals surface area (Å²) in [5.74, 6) is 0.718. The van der Waals surface area contributed by atoms with E-state index in [0.29, 0.717) is 29.7 Å². The Morgan fingerprint density at radius 2 is 1.87 bits per heavy atom. The zero-order chi connectivity index (χ0) is 27.3. The highest BCUT2D eigenvalue weighted by Gasteiger charge is 2.46. The second kappa shape index (κ2) is 12.6. The fourth-order valence-electron chi connectivity index (χ4n) is 6.41. The second-order valence-electron chi connectivity index (χ2n) is 11.5. The molecule has 1 saturated carbocycles. The maximum Gasteiger partial charge on any atom is 0.304 e. The second-order valence-corrected chi connectivity index (χ2v) is 12.0. The zero-order valence-corrected chi connectivity index (χ0v) is 23.6. The van der Waals surface area contributed by atoms with Gasteiger partial charge in [-0.05, 0) is 79.5 Å². The lowest BCUT2D eigenvalue weighted by Gasteiger charge is -2.45. The molecule has 1 aliphatic carbocycles. The molecule has 0 saturated heterocycles. The van der Waals surface area contributed by atoms with Crippen molar-refractivity contribution in [3.05, 3.63) is 70.2 Å². The number of carboxylic acids is 1. The quantitative estimate of drug-likeness (QED) is 0.318. The van der Waals surface area contributed by atoms with Crippen molar-refractivity contribution in [2.75, 3.05) is 6.54 Å². The number of hydrogen-bond donors (Lipinski definition) is 2. The molecular formula is C32H41ClN2O3. The molecule has 2 atom stereocenters. The van der Waals surface area contributed by atoms with E-state index in [9.17, 15) is 9.59 Å². The van der Waals surface area contributed by atoms with E-state index < -0.39 is 5.97 Å². The normalized spacial score (nSPS) is 24.4. The van der Waals surface area contributed by atoms with Gasteiger partial charge in [0.15, 0.2) is 5.78 Å². The van der Waals surface area contributed by atoms with Crippen molar-refractivity contribution in [3.8, 4) is 0 Å². The first-order chi connectivity index (χ1) is 18.2. The van der Waals surface area contributed by atoms with Crippen molar-refractivity contribution >= 4 is 29.1 Å². The summed E-state index contributed by atoms with van der Waals surface area (Å²) in [7, 11) is 0. The van der Waals surface area contributed by atoms with Gasteiger partial charge in [0.05, 0.1) is 12.0 Å². The van der Waals surface area contributed by atoms with Gasteiger partial charge in [0.1, 0.15) is 5.71 Å². The summed E-state index contributed by atoms with van der Waals surface area (Å²) >= 11 is 6.34. The van der Waals surface area contributed by atoms with E-state index in [1.54, 1.807) is 0 Å². The summed E-state index contributed by atoms with van der Waals surface area (Å²) in [5, 5.41) is 12.6. The highest BCUT2D eigenvalue weighted by molar-refractivity contribution is 6.47. The summed E-state index contributed by atoms with van der Waals surface area (Å²) < 4.78 is 0. The third-order valence-corrected chi connectivity index (χ3v) is 8.93. The van der Waals surface area contributed by atoms with Crippen LogP contribution in [0.3, 0.4) is 0 Å². The molecule has 1 fully saturated rings. The summed E-state index contributed by atoms with van der Waals surface area (Å²) in [6, 6.07) is 16.1. The van der Waals surface area contributed by atoms with E-state index in [1.807, 2.05) is 24.3 Å². The Kier molecular flexibility index (Phi) is 9.43. The molecule has 38 heavy (non-hydrogen) atoms. The minimum Gasteiger partial charge on any atom is -0.481 e. The molecule has 0 amide bonds. The van der Waals surface area contributed by atoms with Gasteiger partial charge in [0.2, 0.25) is 0 Å².